The van der Waals surface area contributed by atoms with Crippen LogP contribution >= 0.6 is 0 Å². The Labute approximate surface area is 156 Å². The molecule has 1 N–H and O–H groups in total. The molecule has 1 amide bonds. The van der Waals surface area contributed by atoms with E-state index in [0.717, 1.165) is 24.5 Å². The second-order valence-electron chi connectivity index (χ2n) is 6.40. The van der Waals surface area contributed by atoms with E-state index in [1.165, 1.54) is 12.5 Å². The number of amides is 1. The summed E-state index contributed by atoms with van der Waals surface area (Å²) in [4.78, 5) is 26.0. The third-order valence-corrected chi connectivity index (χ3v) is 4.57. The Kier molecular flexibility index (Phi) is 4.38. The first kappa shape index (κ1) is 16.9. The van der Waals surface area contributed by atoms with Crippen molar-refractivity contribution in [1.29, 1.82) is 0 Å². The molecule has 2 heterocycles. The molecule has 134 valence electrons. The summed E-state index contributed by atoms with van der Waals surface area (Å²) in [5.41, 5.74) is 3.73. The number of nitrogens with one attached hydrogen (secondary N) is 1. The predicted octanol–water partition coefficient (Wildman–Crippen LogP) is 3.63. The zero-order valence-electron chi connectivity index (χ0n) is 14.8. The van der Waals surface area contributed by atoms with Crippen molar-refractivity contribution in [2.75, 3.05) is 16.8 Å². The monoisotopic (exact) mass is 358 g/mol. The standard InChI is InChI=1S/C21H18N4O2/c1-14(26)16-6-4-7-17(13-16)22-21(27)18-9-10-20(24-23-18)25-12-11-15-5-2-3-8-19(15)25/h2-10,13H,11-12H2,1H3,(H,22,27). The summed E-state index contributed by atoms with van der Waals surface area (Å²) in [6.45, 7) is 2.33. The number of rotatable bonds is 4. The lowest BCUT2D eigenvalue weighted by Crippen LogP contribution is -2.18. The number of anilines is 3. The average Bonchev–Trinajstić information content (AvgIpc) is 3.12. The van der Waals surface area contributed by atoms with Gasteiger partial charge in [-0.15, -0.1) is 10.2 Å². The highest BCUT2D eigenvalue weighted by atomic mass is 16.2. The fourth-order valence-electron chi connectivity index (χ4n) is 3.18. The molecule has 1 aliphatic rings. The Balaban J connectivity index is 1.50. The minimum absolute atomic E-state index is 0.0545. The lowest BCUT2D eigenvalue weighted by molar-refractivity contribution is 0.100. The normalized spacial score (nSPS) is 12.6. The third kappa shape index (κ3) is 3.42. The van der Waals surface area contributed by atoms with Gasteiger partial charge in [0.15, 0.2) is 17.3 Å². The van der Waals surface area contributed by atoms with Gasteiger partial charge in [-0.25, -0.2) is 0 Å². The largest absolute Gasteiger partial charge is 0.324 e. The summed E-state index contributed by atoms with van der Waals surface area (Å²) >= 11 is 0. The highest BCUT2D eigenvalue weighted by molar-refractivity contribution is 6.03. The summed E-state index contributed by atoms with van der Waals surface area (Å²) < 4.78 is 0. The van der Waals surface area contributed by atoms with Crippen molar-refractivity contribution >= 4 is 28.9 Å². The summed E-state index contributed by atoms with van der Waals surface area (Å²) in [5.74, 6) is 0.299. The molecule has 0 spiro atoms. The van der Waals surface area contributed by atoms with Gasteiger partial charge >= 0.3 is 0 Å². The minimum Gasteiger partial charge on any atom is -0.324 e. The number of hydrogen-bond acceptors (Lipinski definition) is 5. The van der Waals surface area contributed by atoms with Gasteiger partial charge in [-0.2, -0.15) is 0 Å². The van der Waals surface area contributed by atoms with E-state index in [1.54, 1.807) is 36.4 Å². The number of aromatic nitrogens is 2. The van der Waals surface area contributed by atoms with Crippen molar-refractivity contribution in [2.24, 2.45) is 0 Å². The quantitative estimate of drug-likeness (QED) is 0.721. The number of hydrogen-bond donors (Lipinski definition) is 1. The van der Waals surface area contributed by atoms with Crippen LogP contribution in [0.1, 0.15) is 33.3 Å². The van der Waals surface area contributed by atoms with E-state index in [9.17, 15) is 9.59 Å². The van der Waals surface area contributed by atoms with E-state index in [4.69, 9.17) is 0 Å². The molecule has 0 unspecified atom stereocenters. The number of carbonyl (C=O) groups excluding carboxylic acids is 2. The number of carbonyl (C=O) groups is 2. The average molecular weight is 358 g/mol. The first-order chi connectivity index (χ1) is 13.1. The van der Waals surface area contributed by atoms with Gasteiger partial charge in [-0.3, -0.25) is 9.59 Å². The van der Waals surface area contributed by atoms with Crippen LogP contribution in [0.5, 0.6) is 0 Å². The topological polar surface area (TPSA) is 75.2 Å². The van der Waals surface area contributed by atoms with Crippen LogP contribution in [0.2, 0.25) is 0 Å². The fraction of sp³-hybridized carbons (Fsp3) is 0.143. The van der Waals surface area contributed by atoms with E-state index in [2.05, 4.69) is 32.5 Å². The van der Waals surface area contributed by atoms with Gasteiger partial charge in [0, 0.05) is 23.5 Å². The smallest absolute Gasteiger partial charge is 0.276 e. The van der Waals surface area contributed by atoms with Crippen molar-refractivity contribution in [1.82, 2.24) is 10.2 Å². The van der Waals surface area contributed by atoms with Gasteiger partial charge in [0.25, 0.3) is 5.91 Å². The lowest BCUT2D eigenvalue weighted by Gasteiger charge is -2.17. The number of nitrogens with zero attached hydrogens (tertiary/aromatic N) is 3. The molecule has 2 aromatic carbocycles. The number of benzene rings is 2. The maximum Gasteiger partial charge on any atom is 0.276 e. The summed E-state index contributed by atoms with van der Waals surface area (Å²) in [7, 11) is 0. The summed E-state index contributed by atoms with van der Waals surface area (Å²) in [6.07, 6.45) is 0.965. The van der Waals surface area contributed by atoms with Crippen LogP contribution < -0.4 is 10.2 Å². The van der Waals surface area contributed by atoms with Crippen molar-refractivity contribution < 1.29 is 9.59 Å². The third-order valence-electron chi connectivity index (χ3n) is 4.57. The van der Waals surface area contributed by atoms with E-state index in [0.29, 0.717) is 11.3 Å². The van der Waals surface area contributed by atoms with Crippen molar-refractivity contribution in [3.63, 3.8) is 0 Å². The number of ketones is 1. The van der Waals surface area contributed by atoms with Gasteiger partial charge in [0.05, 0.1) is 0 Å². The molecule has 0 fully saturated rings. The van der Waals surface area contributed by atoms with Crippen LogP contribution in [0.25, 0.3) is 0 Å². The summed E-state index contributed by atoms with van der Waals surface area (Å²) in [5, 5.41) is 11.1. The molecule has 1 aliphatic heterocycles. The Hall–Kier alpha value is -3.54. The predicted molar refractivity (Wildman–Crippen MR) is 104 cm³/mol. The van der Waals surface area contributed by atoms with Crippen LogP contribution in [-0.4, -0.2) is 28.4 Å². The maximum atomic E-state index is 12.4. The Morgan fingerprint density at radius 1 is 1.00 bits per heavy atom. The highest BCUT2D eigenvalue weighted by Gasteiger charge is 2.21. The van der Waals surface area contributed by atoms with Crippen LogP contribution in [0, 0.1) is 0 Å². The number of para-hydroxylation sites is 1. The molecule has 0 bridgehead atoms. The molecule has 0 atom stereocenters. The second-order valence-corrected chi connectivity index (χ2v) is 6.40. The van der Waals surface area contributed by atoms with E-state index >= 15 is 0 Å². The highest BCUT2D eigenvalue weighted by Crippen LogP contribution is 2.32. The Morgan fingerprint density at radius 2 is 1.85 bits per heavy atom. The molecule has 0 aliphatic carbocycles. The second kappa shape index (κ2) is 6.99. The zero-order chi connectivity index (χ0) is 18.8. The van der Waals surface area contributed by atoms with Gasteiger partial charge in [0.1, 0.15) is 0 Å². The fourth-order valence-corrected chi connectivity index (χ4v) is 3.18. The molecule has 6 nitrogen and oxygen atoms in total. The Bertz CT molecular complexity index is 1010. The van der Waals surface area contributed by atoms with Gasteiger partial charge < -0.3 is 10.2 Å². The van der Waals surface area contributed by atoms with Gasteiger partial charge in [-0.1, -0.05) is 30.3 Å². The molecule has 27 heavy (non-hydrogen) atoms. The molecule has 4 rings (SSSR count). The van der Waals surface area contributed by atoms with Crippen molar-refractivity contribution in [3.8, 4) is 0 Å². The van der Waals surface area contributed by atoms with Crippen LogP contribution in [0.15, 0.2) is 60.7 Å². The van der Waals surface area contributed by atoms with E-state index < -0.39 is 0 Å². The molecule has 3 aromatic rings. The SMILES string of the molecule is CC(=O)c1cccc(NC(=O)c2ccc(N3CCc4ccccc43)nn2)c1. The molecule has 1 aromatic heterocycles. The minimum atomic E-state index is -0.364. The Morgan fingerprint density at radius 3 is 2.63 bits per heavy atom. The lowest BCUT2D eigenvalue weighted by atomic mass is 10.1. The maximum absolute atomic E-state index is 12.4. The van der Waals surface area contributed by atoms with Crippen LogP contribution in [0.3, 0.4) is 0 Å². The number of Topliss-reactive ketones (excluding diaryl/α,β-unsaturated/α-hetero) is 1. The van der Waals surface area contributed by atoms with E-state index in [-0.39, 0.29) is 17.4 Å². The molecule has 0 radical (unpaired) electrons. The van der Waals surface area contributed by atoms with Crippen molar-refractivity contribution in [3.05, 3.63) is 77.5 Å². The zero-order valence-corrected chi connectivity index (χ0v) is 14.8. The van der Waals surface area contributed by atoms with Crippen molar-refractivity contribution in [2.45, 2.75) is 13.3 Å². The van der Waals surface area contributed by atoms with E-state index in [1.807, 2.05) is 12.1 Å². The first-order valence-corrected chi connectivity index (χ1v) is 8.73. The van der Waals surface area contributed by atoms with Crippen LogP contribution in [-0.2, 0) is 6.42 Å². The van der Waals surface area contributed by atoms with Gasteiger partial charge in [-0.05, 0) is 49.2 Å². The molecular weight excluding hydrogens is 340 g/mol. The van der Waals surface area contributed by atoms with Crippen LogP contribution in [0.4, 0.5) is 17.2 Å². The number of fused-ring (bicyclic) bond motifs is 1. The molecule has 0 saturated carbocycles. The molecule has 6 heteroatoms. The summed E-state index contributed by atoms with van der Waals surface area (Å²) in [6, 6.07) is 18.5. The molecular formula is C21H18N4O2. The van der Waals surface area contributed by atoms with Gasteiger partial charge in [0.2, 0.25) is 0 Å². The molecule has 0 saturated heterocycles. The first-order valence-electron chi connectivity index (χ1n) is 8.73.